The van der Waals surface area contributed by atoms with E-state index in [0.29, 0.717) is 12.2 Å². The highest BCUT2D eigenvalue weighted by molar-refractivity contribution is 5.71. The Balaban J connectivity index is 1.83. The number of para-hydroxylation sites is 2. The summed E-state index contributed by atoms with van der Waals surface area (Å²) >= 11 is 0. The first kappa shape index (κ1) is 13.4. The molecule has 4 nitrogen and oxygen atoms in total. The standard InChI is InChI=1S/C17H16N2O2/c20-19(21)17-9-5-4-8-16(17)18-12-10-15(11-13-18)14-6-2-1-3-7-14/h1-10H,11-13H2. The summed E-state index contributed by atoms with van der Waals surface area (Å²) in [6.07, 6.45) is 3.06. The number of nitrogens with zero attached hydrogens (tertiary/aromatic N) is 2. The van der Waals surface area contributed by atoms with Gasteiger partial charge in [0.05, 0.1) is 4.92 Å². The van der Waals surface area contributed by atoms with Crippen molar-refractivity contribution in [3.05, 3.63) is 76.4 Å². The Bertz CT molecular complexity index is 680. The lowest BCUT2D eigenvalue weighted by atomic mass is 9.99. The molecule has 0 N–H and O–H groups in total. The van der Waals surface area contributed by atoms with E-state index in [0.717, 1.165) is 13.0 Å². The van der Waals surface area contributed by atoms with Crippen LogP contribution in [0.15, 0.2) is 60.7 Å². The van der Waals surface area contributed by atoms with Crippen LogP contribution in [0.1, 0.15) is 12.0 Å². The molecule has 0 radical (unpaired) electrons. The van der Waals surface area contributed by atoms with Gasteiger partial charge in [0.15, 0.2) is 0 Å². The molecule has 1 heterocycles. The quantitative estimate of drug-likeness (QED) is 0.633. The molecule has 106 valence electrons. The van der Waals surface area contributed by atoms with Crippen LogP contribution < -0.4 is 4.90 Å². The van der Waals surface area contributed by atoms with Crippen LogP contribution in [0.25, 0.3) is 5.57 Å². The maximum atomic E-state index is 11.1. The fourth-order valence-electron chi connectivity index (χ4n) is 2.69. The number of nitro benzene ring substituents is 1. The molecule has 21 heavy (non-hydrogen) atoms. The van der Waals surface area contributed by atoms with Crippen LogP contribution in [-0.2, 0) is 0 Å². The molecule has 1 aliphatic rings. The predicted molar refractivity (Wildman–Crippen MR) is 84.3 cm³/mol. The molecule has 0 aromatic heterocycles. The second-order valence-electron chi connectivity index (χ2n) is 5.04. The van der Waals surface area contributed by atoms with Gasteiger partial charge < -0.3 is 4.90 Å². The second kappa shape index (κ2) is 5.79. The van der Waals surface area contributed by atoms with E-state index in [9.17, 15) is 10.1 Å². The first-order valence-electron chi connectivity index (χ1n) is 6.98. The number of hydrogen-bond acceptors (Lipinski definition) is 3. The zero-order valence-corrected chi connectivity index (χ0v) is 11.6. The molecule has 1 aliphatic heterocycles. The molecule has 4 heteroatoms. The highest BCUT2D eigenvalue weighted by Crippen LogP contribution is 2.31. The highest BCUT2D eigenvalue weighted by Gasteiger charge is 2.20. The van der Waals surface area contributed by atoms with Crippen LogP contribution in [0.4, 0.5) is 11.4 Å². The normalized spacial score (nSPS) is 14.7. The summed E-state index contributed by atoms with van der Waals surface area (Å²) in [5.74, 6) is 0. The first-order valence-corrected chi connectivity index (χ1v) is 6.98. The molecular formula is C17H16N2O2. The van der Waals surface area contributed by atoms with Crippen molar-refractivity contribution in [2.45, 2.75) is 6.42 Å². The van der Waals surface area contributed by atoms with Gasteiger partial charge in [0, 0.05) is 19.2 Å². The predicted octanol–water partition coefficient (Wildman–Crippen LogP) is 3.89. The zero-order chi connectivity index (χ0) is 14.7. The third kappa shape index (κ3) is 2.79. The van der Waals surface area contributed by atoms with Crippen molar-refractivity contribution in [1.82, 2.24) is 0 Å². The summed E-state index contributed by atoms with van der Waals surface area (Å²) in [5.41, 5.74) is 3.42. The van der Waals surface area contributed by atoms with E-state index in [2.05, 4.69) is 23.1 Å². The van der Waals surface area contributed by atoms with E-state index in [-0.39, 0.29) is 10.6 Å². The van der Waals surface area contributed by atoms with Gasteiger partial charge >= 0.3 is 0 Å². The minimum Gasteiger partial charge on any atom is -0.362 e. The average molecular weight is 280 g/mol. The molecule has 2 aromatic carbocycles. The smallest absolute Gasteiger partial charge is 0.292 e. The molecule has 0 aliphatic carbocycles. The van der Waals surface area contributed by atoms with E-state index in [4.69, 9.17) is 0 Å². The van der Waals surface area contributed by atoms with Gasteiger partial charge in [0.1, 0.15) is 5.69 Å². The van der Waals surface area contributed by atoms with Gasteiger partial charge in [-0.3, -0.25) is 10.1 Å². The van der Waals surface area contributed by atoms with E-state index in [1.165, 1.54) is 11.1 Å². The van der Waals surface area contributed by atoms with E-state index < -0.39 is 0 Å². The Morgan fingerprint density at radius 1 is 1.00 bits per heavy atom. The van der Waals surface area contributed by atoms with Crippen LogP contribution in [0.2, 0.25) is 0 Å². The van der Waals surface area contributed by atoms with Gasteiger partial charge in [0.25, 0.3) is 5.69 Å². The fraction of sp³-hybridized carbons (Fsp3) is 0.176. The Kier molecular flexibility index (Phi) is 3.69. The third-order valence-electron chi connectivity index (χ3n) is 3.77. The summed E-state index contributed by atoms with van der Waals surface area (Å²) < 4.78 is 0. The highest BCUT2D eigenvalue weighted by atomic mass is 16.6. The van der Waals surface area contributed by atoms with Crippen LogP contribution in [-0.4, -0.2) is 18.0 Å². The summed E-state index contributed by atoms with van der Waals surface area (Å²) in [5, 5.41) is 11.1. The number of benzene rings is 2. The largest absolute Gasteiger partial charge is 0.362 e. The summed E-state index contributed by atoms with van der Waals surface area (Å²) in [7, 11) is 0. The van der Waals surface area contributed by atoms with Gasteiger partial charge in [-0.25, -0.2) is 0 Å². The lowest BCUT2D eigenvalue weighted by Gasteiger charge is -2.28. The number of hydrogen-bond donors (Lipinski definition) is 0. The molecule has 0 atom stereocenters. The van der Waals surface area contributed by atoms with Gasteiger partial charge in [0.2, 0.25) is 0 Å². The maximum Gasteiger partial charge on any atom is 0.292 e. The second-order valence-corrected chi connectivity index (χ2v) is 5.04. The van der Waals surface area contributed by atoms with Gasteiger partial charge in [-0.15, -0.1) is 0 Å². The summed E-state index contributed by atoms with van der Waals surface area (Å²) in [6, 6.07) is 17.2. The molecule has 0 saturated heterocycles. The Morgan fingerprint density at radius 3 is 2.38 bits per heavy atom. The van der Waals surface area contributed by atoms with E-state index >= 15 is 0 Å². The van der Waals surface area contributed by atoms with Gasteiger partial charge in [-0.05, 0) is 23.6 Å². The third-order valence-corrected chi connectivity index (χ3v) is 3.77. The van der Waals surface area contributed by atoms with Crippen LogP contribution >= 0.6 is 0 Å². The Hall–Kier alpha value is -2.62. The Labute approximate surface area is 123 Å². The number of nitro groups is 1. The summed E-state index contributed by atoms with van der Waals surface area (Å²) in [4.78, 5) is 12.9. The first-order chi connectivity index (χ1) is 10.3. The number of anilines is 1. The molecule has 0 saturated carbocycles. The topological polar surface area (TPSA) is 46.4 Å². The molecular weight excluding hydrogens is 264 g/mol. The van der Waals surface area contributed by atoms with Crippen molar-refractivity contribution < 1.29 is 4.92 Å². The molecule has 0 fully saturated rings. The molecule has 0 spiro atoms. The van der Waals surface area contributed by atoms with E-state index in [1.54, 1.807) is 12.1 Å². The average Bonchev–Trinajstić information content (AvgIpc) is 2.56. The number of rotatable bonds is 3. The lowest BCUT2D eigenvalue weighted by Crippen LogP contribution is -2.28. The fourth-order valence-corrected chi connectivity index (χ4v) is 2.69. The Morgan fingerprint density at radius 2 is 1.71 bits per heavy atom. The van der Waals surface area contributed by atoms with E-state index in [1.807, 2.05) is 30.3 Å². The van der Waals surface area contributed by atoms with Crippen molar-refractivity contribution in [2.24, 2.45) is 0 Å². The molecule has 0 amide bonds. The molecule has 0 bridgehead atoms. The van der Waals surface area contributed by atoms with Crippen molar-refractivity contribution in [3.63, 3.8) is 0 Å². The zero-order valence-electron chi connectivity index (χ0n) is 11.6. The van der Waals surface area contributed by atoms with Crippen molar-refractivity contribution in [2.75, 3.05) is 18.0 Å². The lowest BCUT2D eigenvalue weighted by molar-refractivity contribution is -0.384. The van der Waals surface area contributed by atoms with Gasteiger partial charge in [-0.2, -0.15) is 0 Å². The molecule has 2 aromatic rings. The SMILES string of the molecule is O=[N+]([O-])c1ccccc1N1CC=C(c2ccccc2)CC1. The molecule has 3 rings (SSSR count). The van der Waals surface area contributed by atoms with Crippen molar-refractivity contribution in [1.29, 1.82) is 0 Å². The monoisotopic (exact) mass is 280 g/mol. The minimum atomic E-state index is -0.314. The van der Waals surface area contributed by atoms with Crippen LogP contribution in [0, 0.1) is 10.1 Å². The van der Waals surface area contributed by atoms with Crippen molar-refractivity contribution >= 4 is 16.9 Å². The summed E-state index contributed by atoms with van der Waals surface area (Å²) in [6.45, 7) is 1.50. The molecule has 0 unspecified atom stereocenters. The van der Waals surface area contributed by atoms with Crippen LogP contribution in [0.3, 0.4) is 0 Å². The van der Waals surface area contributed by atoms with Crippen LogP contribution in [0.5, 0.6) is 0 Å². The minimum absolute atomic E-state index is 0.175. The van der Waals surface area contributed by atoms with Crippen molar-refractivity contribution in [3.8, 4) is 0 Å². The maximum absolute atomic E-state index is 11.1. The van der Waals surface area contributed by atoms with Gasteiger partial charge in [-0.1, -0.05) is 48.5 Å².